The molecule has 2 aromatic rings. The zero-order valence-electron chi connectivity index (χ0n) is 4.92. The van der Waals surface area contributed by atoms with Gasteiger partial charge in [-0.3, -0.25) is 0 Å². The van der Waals surface area contributed by atoms with Gasteiger partial charge in [0.1, 0.15) is 14.2 Å². The minimum Gasteiger partial charge on any atom is -0.457 e. The van der Waals surface area contributed by atoms with Crippen molar-refractivity contribution >= 4 is 19.6 Å². The normalized spacial score (nSPS) is 11.7. The molecule has 9 heavy (non-hydrogen) atoms. The third-order valence-corrected chi connectivity index (χ3v) is 1.81. The van der Waals surface area contributed by atoms with Gasteiger partial charge in [0.05, 0.1) is 0 Å². The number of furan rings is 1. The van der Waals surface area contributed by atoms with Crippen LogP contribution in [0.2, 0.25) is 0 Å². The fourth-order valence-electron chi connectivity index (χ4n) is 0.801. The van der Waals surface area contributed by atoms with E-state index in [1.165, 1.54) is 0 Å². The van der Waals surface area contributed by atoms with Crippen LogP contribution < -0.4 is 0 Å². The Morgan fingerprint density at radius 1 is 1.44 bits per heavy atom. The number of hydrogen-bond acceptors (Lipinski definition) is 2. The Balaban J connectivity index is 2.92. The lowest BCUT2D eigenvalue weighted by molar-refractivity contribution is 0.578. The summed E-state index contributed by atoms with van der Waals surface area (Å²) in [4.78, 5) is 0. The molecular formula is C6H5O2P. The van der Waals surface area contributed by atoms with E-state index in [4.69, 9.17) is 8.61 Å². The summed E-state index contributed by atoms with van der Waals surface area (Å²) < 4.78 is 10.4. The van der Waals surface area contributed by atoms with Crippen LogP contribution in [0.1, 0.15) is 5.76 Å². The highest BCUT2D eigenvalue weighted by atomic mass is 31.1. The molecule has 0 aliphatic carbocycles. The molecule has 0 aliphatic heterocycles. The zero-order chi connectivity index (χ0) is 6.27. The highest BCUT2D eigenvalue weighted by molar-refractivity contribution is 7.22. The Labute approximate surface area is 53.7 Å². The van der Waals surface area contributed by atoms with Gasteiger partial charge in [0.15, 0.2) is 11.2 Å². The first-order chi connectivity index (χ1) is 4.36. The van der Waals surface area contributed by atoms with Crippen LogP contribution in [0.5, 0.6) is 0 Å². The van der Waals surface area contributed by atoms with Crippen LogP contribution in [-0.2, 0) is 0 Å². The molecule has 0 saturated heterocycles. The van der Waals surface area contributed by atoms with Crippen molar-refractivity contribution in [1.29, 1.82) is 0 Å². The average molecular weight is 140 g/mol. The standard InChI is InChI=1S/C6H5O2P/c1-4-2-5-6(7-4)3-9-8-5/h2-3H,1H3. The molecule has 0 fully saturated rings. The number of hydrogen-bond donors (Lipinski definition) is 0. The summed E-state index contributed by atoms with van der Waals surface area (Å²) in [6.45, 7) is 1.91. The summed E-state index contributed by atoms with van der Waals surface area (Å²) >= 11 is 0. The summed E-state index contributed by atoms with van der Waals surface area (Å²) in [7, 11) is 0.874. The Bertz CT molecular complexity index is 292. The van der Waals surface area contributed by atoms with Gasteiger partial charge in [0.2, 0.25) is 0 Å². The Morgan fingerprint density at radius 3 is 3.11 bits per heavy atom. The molecular weight excluding hydrogens is 135 g/mol. The van der Waals surface area contributed by atoms with Crippen molar-refractivity contribution in [2.45, 2.75) is 6.92 Å². The van der Waals surface area contributed by atoms with Gasteiger partial charge in [-0.05, 0) is 6.92 Å². The SMILES string of the molecule is Cc1cc2opcc2o1. The van der Waals surface area contributed by atoms with E-state index >= 15 is 0 Å². The monoisotopic (exact) mass is 140 g/mol. The fraction of sp³-hybridized carbons (Fsp3) is 0.167. The maximum absolute atomic E-state index is 5.24. The summed E-state index contributed by atoms with van der Waals surface area (Å²) in [5.74, 6) is 2.81. The van der Waals surface area contributed by atoms with E-state index in [1.807, 2.05) is 18.8 Å². The molecule has 0 aliphatic rings. The molecule has 2 rings (SSSR count). The summed E-state index contributed by atoms with van der Waals surface area (Å²) in [5, 5.41) is 0. The van der Waals surface area contributed by atoms with Crippen LogP contribution in [0.3, 0.4) is 0 Å². The second-order valence-corrected chi connectivity index (χ2v) is 2.56. The van der Waals surface area contributed by atoms with Crippen LogP contribution >= 0.6 is 8.43 Å². The first kappa shape index (κ1) is 5.07. The van der Waals surface area contributed by atoms with Crippen molar-refractivity contribution in [3.8, 4) is 0 Å². The largest absolute Gasteiger partial charge is 0.457 e. The predicted octanol–water partition coefficient (Wildman–Crippen LogP) is 2.91. The topological polar surface area (TPSA) is 26.3 Å². The summed E-state index contributed by atoms with van der Waals surface area (Å²) in [6, 6.07) is 1.89. The molecule has 0 spiro atoms. The number of aryl methyl sites for hydroxylation is 1. The molecule has 46 valence electrons. The van der Waals surface area contributed by atoms with E-state index in [9.17, 15) is 0 Å². The van der Waals surface area contributed by atoms with Crippen molar-refractivity contribution in [1.82, 2.24) is 0 Å². The summed E-state index contributed by atoms with van der Waals surface area (Å²) in [6.07, 6.45) is 0. The maximum atomic E-state index is 5.24. The van der Waals surface area contributed by atoms with Crippen molar-refractivity contribution in [2.24, 2.45) is 0 Å². The predicted molar refractivity (Wildman–Crippen MR) is 35.7 cm³/mol. The van der Waals surface area contributed by atoms with E-state index in [1.54, 1.807) is 0 Å². The lowest BCUT2D eigenvalue weighted by atomic mass is 10.5. The minimum absolute atomic E-state index is 0.870. The lowest BCUT2D eigenvalue weighted by Gasteiger charge is -1.72. The highest BCUT2D eigenvalue weighted by Crippen LogP contribution is 2.24. The van der Waals surface area contributed by atoms with Gasteiger partial charge in [-0.15, -0.1) is 0 Å². The smallest absolute Gasteiger partial charge is 0.177 e. The summed E-state index contributed by atoms with van der Waals surface area (Å²) in [5.41, 5.74) is 1.74. The van der Waals surface area contributed by atoms with Crippen molar-refractivity contribution in [3.05, 3.63) is 17.6 Å². The van der Waals surface area contributed by atoms with Gasteiger partial charge in [-0.1, -0.05) is 0 Å². The molecule has 0 saturated carbocycles. The Hall–Kier alpha value is -0.750. The molecule has 0 aromatic carbocycles. The highest BCUT2D eigenvalue weighted by Gasteiger charge is 2.00. The van der Waals surface area contributed by atoms with Crippen LogP contribution in [-0.4, -0.2) is 0 Å². The van der Waals surface area contributed by atoms with Gasteiger partial charge in [-0.25, -0.2) is 0 Å². The first-order valence-electron chi connectivity index (χ1n) is 2.67. The van der Waals surface area contributed by atoms with E-state index in [-0.39, 0.29) is 0 Å². The molecule has 3 heteroatoms. The average Bonchev–Trinajstić information content (AvgIpc) is 2.22. The van der Waals surface area contributed by atoms with E-state index in [0.29, 0.717) is 0 Å². The van der Waals surface area contributed by atoms with Crippen LogP contribution in [0.4, 0.5) is 0 Å². The third-order valence-electron chi connectivity index (χ3n) is 1.17. The van der Waals surface area contributed by atoms with Crippen molar-refractivity contribution in [3.63, 3.8) is 0 Å². The van der Waals surface area contributed by atoms with Crippen LogP contribution in [0.15, 0.2) is 20.5 Å². The molecule has 2 heterocycles. The maximum Gasteiger partial charge on any atom is 0.177 e. The van der Waals surface area contributed by atoms with Crippen LogP contribution in [0.25, 0.3) is 11.2 Å². The minimum atomic E-state index is 0.870. The quantitative estimate of drug-likeness (QED) is 0.562. The molecule has 0 N–H and O–H groups in total. The lowest BCUT2D eigenvalue weighted by Crippen LogP contribution is -1.50. The van der Waals surface area contributed by atoms with E-state index in [0.717, 1.165) is 25.4 Å². The second-order valence-electron chi connectivity index (χ2n) is 1.91. The molecule has 2 nitrogen and oxygen atoms in total. The Kier molecular flexibility index (Phi) is 0.908. The van der Waals surface area contributed by atoms with Crippen LogP contribution in [0, 0.1) is 6.92 Å². The van der Waals surface area contributed by atoms with E-state index in [2.05, 4.69) is 0 Å². The van der Waals surface area contributed by atoms with E-state index < -0.39 is 0 Å². The first-order valence-corrected chi connectivity index (χ1v) is 3.55. The molecule has 0 bridgehead atoms. The number of rotatable bonds is 0. The molecule has 0 atom stereocenters. The van der Waals surface area contributed by atoms with Gasteiger partial charge in [0.25, 0.3) is 0 Å². The molecule has 0 unspecified atom stereocenters. The zero-order valence-corrected chi connectivity index (χ0v) is 5.81. The number of fused-ring (bicyclic) bond motifs is 1. The van der Waals surface area contributed by atoms with Gasteiger partial charge in [-0.2, -0.15) is 0 Å². The van der Waals surface area contributed by atoms with Crippen molar-refractivity contribution in [2.75, 3.05) is 0 Å². The van der Waals surface area contributed by atoms with Crippen molar-refractivity contribution < 1.29 is 8.61 Å². The van der Waals surface area contributed by atoms with Gasteiger partial charge >= 0.3 is 0 Å². The van der Waals surface area contributed by atoms with Gasteiger partial charge in [0, 0.05) is 11.9 Å². The molecule has 0 amide bonds. The second kappa shape index (κ2) is 1.61. The fourth-order valence-corrected chi connectivity index (χ4v) is 1.39. The Morgan fingerprint density at radius 2 is 2.33 bits per heavy atom. The third kappa shape index (κ3) is 0.672. The van der Waals surface area contributed by atoms with Gasteiger partial charge < -0.3 is 8.61 Å². The molecule has 2 aromatic heterocycles. The molecule has 0 radical (unpaired) electrons.